The molecule has 2 rings (SSSR count). The van der Waals surface area contributed by atoms with E-state index in [1.165, 1.54) is 19.2 Å². The minimum Gasteiger partial charge on any atom is -0.469 e. The molecule has 7 heteroatoms. The van der Waals surface area contributed by atoms with Crippen molar-refractivity contribution in [3.8, 4) is 11.4 Å². The number of carbonyl (C=O) groups is 2. The fourth-order valence-electron chi connectivity index (χ4n) is 1.89. The molecule has 2 aromatic rings. The molecule has 0 saturated heterocycles. The van der Waals surface area contributed by atoms with Gasteiger partial charge in [-0.1, -0.05) is 0 Å². The summed E-state index contributed by atoms with van der Waals surface area (Å²) in [5.74, 6) is -0.638. The zero-order chi connectivity index (χ0) is 16.1. The molecule has 6 nitrogen and oxygen atoms in total. The number of methoxy groups -OCH3 is 1. The molecule has 0 bridgehead atoms. The van der Waals surface area contributed by atoms with Crippen LogP contribution in [0.25, 0.3) is 11.4 Å². The van der Waals surface area contributed by atoms with Crippen molar-refractivity contribution in [3.63, 3.8) is 0 Å². The van der Waals surface area contributed by atoms with E-state index in [9.17, 15) is 14.0 Å². The summed E-state index contributed by atoms with van der Waals surface area (Å²) in [6.45, 7) is 1.89. The van der Waals surface area contributed by atoms with Gasteiger partial charge in [-0.25, -0.2) is 9.37 Å². The van der Waals surface area contributed by atoms with Crippen molar-refractivity contribution in [3.05, 3.63) is 41.5 Å². The Balaban J connectivity index is 2.07. The number of aryl methyl sites for hydroxylation is 1. The molecule has 0 unspecified atom stereocenters. The molecular formula is C15H16FN3O3. The van der Waals surface area contributed by atoms with Gasteiger partial charge in [-0.3, -0.25) is 9.59 Å². The summed E-state index contributed by atoms with van der Waals surface area (Å²) in [7, 11) is 1.29. The van der Waals surface area contributed by atoms with Crippen molar-refractivity contribution in [1.82, 2.24) is 15.3 Å². The first-order valence-electron chi connectivity index (χ1n) is 6.69. The van der Waals surface area contributed by atoms with Crippen LogP contribution in [0.4, 0.5) is 4.39 Å². The van der Waals surface area contributed by atoms with E-state index in [2.05, 4.69) is 20.0 Å². The predicted molar refractivity (Wildman–Crippen MR) is 77.7 cm³/mol. The molecule has 1 heterocycles. The van der Waals surface area contributed by atoms with Crippen LogP contribution in [0.15, 0.2) is 24.3 Å². The van der Waals surface area contributed by atoms with E-state index in [0.29, 0.717) is 17.1 Å². The smallest absolute Gasteiger partial charge is 0.307 e. The van der Waals surface area contributed by atoms with Gasteiger partial charge in [0.1, 0.15) is 17.3 Å². The number of rotatable bonds is 5. The lowest BCUT2D eigenvalue weighted by Gasteiger charge is -2.02. The van der Waals surface area contributed by atoms with Crippen molar-refractivity contribution in [1.29, 1.82) is 0 Å². The molecule has 116 valence electrons. The van der Waals surface area contributed by atoms with E-state index in [-0.39, 0.29) is 30.4 Å². The summed E-state index contributed by atoms with van der Waals surface area (Å²) in [5.41, 5.74) is 1.51. The fourth-order valence-corrected chi connectivity index (χ4v) is 1.89. The van der Waals surface area contributed by atoms with E-state index >= 15 is 0 Å². The highest BCUT2D eigenvalue weighted by atomic mass is 19.1. The first kappa shape index (κ1) is 15.7. The van der Waals surface area contributed by atoms with Crippen molar-refractivity contribution < 1.29 is 18.7 Å². The number of carbonyl (C=O) groups excluding carboxylic acids is 2. The second-order valence-corrected chi connectivity index (χ2v) is 4.65. The second-order valence-electron chi connectivity index (χ2n) is 4.65. The molecule has 2 N–H and O–H groups in total. The summed E-state index contributed by atoms with van der Waals surface area (Å²) in [6.07, 6.45) is 0.0938. The third-order valence-electron chi connectivity index (χ3n) is 3.06. The number of imidazole rings is 1. The molecule has 0 aliphatic carbocycles. The second kappa shape index (κ2) is 6.84. The van der Waals surface area contributed by atoms with Crippen LogP contribution in [0.5, 0.6) is 0 Å². The van der Waals surface area contributed by atoms with Crippen molar-refractivity contribution >= 4 is 11.9 Å². The third kappa shape index (κ3) is 3.69. The highest BCUT2D eigenvalue weighted by Crippen LogP contribution is 2.18. The molecule has 1 aromatic carbocycles. The van der Waals surface area contributed by atoms with E-state index in [0.717, 1.165) is 0 Å². The minimum atomic E-state index is -0.397. The number of aromatic amines is 1. The maximum atomic E-state index is 12.9. The summed E-state index contributed by atoms with van der Waals surface area (Å²) >= 11 is 0. The zero-order valence-corrected chi connectivity index (χ0v) is 12.3. The van der Waals surface area contributed by atoms with Crippen LogP contribution in [0.1, 0.15) is 22.6 Å². The van der Waals surface area contributed by atoms with Crippen LogP contribution >= 0.6 is 0 Å². The molecule has 1 amide bonds. The fraction of sp³-hybridized carbons (Fsp3) is 0.267. The Morgan fingerprint density at radius 1 is 1.32 bits per heavy atom. The monoisotopic (exact) mass is 305 g/mol. The Kier molecular flexibility index (Phi) is 4.88. The van der Waals surface area contributed by atoms with Crippen molar-refractivity contribution in [2.45, 2.75) is 13.3 Å². The molecule has 0 aliphatic heterocycles. The Morgan fingerprint density at radius 2 is 2.00 bits per heavy atom. The van der Waals surface area contributed by atoms with Crippen LogP contribution in [0.3, 0.4) is 0 Å². The summed E-state index contributed by atoms with van der Waals surface area (Å²) < 4.78 is 17.4. The van der Waals surface area contributed by atoms with Crippen LogP contribution in [-0.4, -0.2) is 35.5 Å². The van der Waals surface area contributed by atoms with Crippen LogP contribution < -0.4 is 5.32 Å². The SMILES string of the molecule is COC(=O)CCNC(=O)c1nc(-c2ccc(F)cc2)[nH]c1C. The average molecular weight is 305 g/mol. The Bertz CT molecular complexity index is 680. The normalized spacial score (nSPS) is 10.3. The van der Waals surface area contributed by atoms with E-state index < -0.39 is 5.97 Å². The number of ether oxygens (including phenoxy) is 1. The van der Waals surface area contributed by atoms with Crippen LogP contribution in [0.2, 0.25) is 0 Å². The van der Waals surface area contributed by atoms with Gasteiger partial charge in [0.15, 0.2) is 0 Å². The van der Waals surface area contributed by atoms with E-state index in [1.807, 2.05) is 0 Å². The quantitative estimate of drug-likeness (QED) is 0.825. The highest BCUT2D eigenvalue weighted by Gasteiger charge is 2.15. The largest absolute Gasteiger partial charge is 0.469 e. The standard InChI is InChI=1S/C15H16FN3O3/c1-9-13(15(21)17-8-7-12(20)22-2)19-14(18-9)10-3-5-11(16)6-4-10/h3-6H,7-8H2,1-2H3,(H,17,21)(H,18,19). The Labute approximate surface area is 126 Å². The third-order valence-corrected chi connectivity index (χ3v) is 3.06. The Morgan fingerprint density at radius 3 is 2.64 bits per heavy atom. The molecule has 0 fully saturated rings. The number of benzene rings is 1. The molecule has 22 heavy (non-hydrogen) atoms. The lowest BCUT2D eigenvalue weighted by molar-refractivity contribution is -0.140. The van der Waals surface area contributed by atoms with Gasteiger partial charge in [0.05, 0.1) is 13.5 Å². The molecular weight excluding hydrogens is 289 g/mol. The zero-order valence-electron chi connectivity index (χ0n) is 12.3. The molecule has 0 aliphatic rings. The summed E-state index contributed by atoms with van der Waals surface area (Å²) in [6, 6.07) is 5.80. The number of aromatic nitrogens is 2. The van der Waals surface area contributed by atoms with Gasteiger partial charge in [0, 0.05) is 17.8 Å². The van der Waals surface area contributed by atoms with Crippen molar-refractivity contribution in [2.75, 3.05) is 13.7 Å². The molecule has 0 spiro atoms. The van der Waals surface area contributed by atoms with Gasteiger partial charge in [-0.15, -0.1) is 0 Å². The summed E-state index contributed by atoms with van der Waals surface area (Å²) in [5, 5.41) is 2.60. The number of nitrogens with zero attached hydrogens (tertiary/aromatic N) is 1. The highest BCUT2D eigenvalue weighted by molar-refractivity contribution is 5.94. The molecule has 0 saturated carbocycles. The topological polar surface area (TPSA) is 84.1 Å². The number of hydrogen-bond acceptors (Lipinski definition) is 4. The van der Waals surface area contributed by atoms with Crippen LogP contribution in [-0.2, 0) is 9.53 Å². The minimum absolute atomic E-state index is 0.0938. The van der Waals surface area contributed by atoms with Gasteiger partial charge in [0.25, 0.3) is 5.91 Å². The maximum Gasteiger partial charge on any atom is 0.307 e. The van der Waals surface area contributed by atoms with Gasteiger partial charge in [0.2, 0.25) is 0 Å². The van der Waals surface area contributed by atoms with Crippen LogP contribution in [0, 0.1) is 12.7 Å². The average Bonchev–Trinajstić information content (AvgIpc) is 2.89. The maximum absolute atomic E-state index is 12.9. The number of hydrogen-bond donors (Lipinski definition) is 2. The van der Waals surface area contributed by atoms with Gasteiger partial charge in [-0.05, 0) is 31.2 Å². The number of H-pyrrole nitrogens is 1. The Hall–Kier alpha value is -2.70. The number of esters is 1. The first-order chi connectivity index (χ1) is 10.5. The molecule has 0 radical (unpaired) electrons. The van der Waals surface area contributed by atoms with E-state index in [4.69, 9.17) is 0 Å². The first-order valence-corrected chi connectivity index (χ1v) is 6.69. The van der Waals surface area contributed by atoms with Gasteiger partial charge < -0.3 is 15.0 Å². The number of amides is 1. The summed E-state index contributed by atoms with van der Waals surface area (Å²) in [4.78, 5) is 30.2. The lowest BCUT2D eigenvalue weighted by atomic mass is 10.2. The lowest BCUT2D eigenvalue weighted by Crippen LogP contribution is -2.27. The molecule has 0 atom stereocenters. The van der Waals surface area contributed by atoms with Gasteiger partial charge in [-0.2, -0.15) is 0 Å². The van der Waals surface area contributed by atoms with Gasteiger partial charge >= 0.3 is 5.97 Å². The number of nitrogens with one attached hydrogen (secondary N) is 2. The van der Waals surface area contributed by atoms with Crippen molar-refractivity contribution in [2.24, 2.45) is 0 Å². The number of halogens is 1. The molecule has 1 aromatic heterocycles. The van der Waals surface area contributed by atoms with E-state index in [1.54, 1.807) is 19.1 Å². The predicted octanol–water partition coefficient (Wildman–Crippen LogP) is 1.82.